The highest BCUT2D eigenvalue weighted by molar-refractivity contribution is 8.02. The molecule has 2 amide bonds. The molecule has 2 aliphatic rings. The average molecular weight is 527 g/mol. The largest absolute Gasteiger partial charge is 0.395 e. The van der Waals surface area contributed by atoms with Crippen molar-refractivity contribution in [3.05, 3.63) is 46.6 Å². The first-order chi connectivity index (χ1) is 17.5. The number of aryl methyl sites for hydroxylation is 2. The first kappa shape index (κ1) is 24.9. The number of hydrogen-bond acceptors (Lipinski definition) is 9. The predicted molar refractivity (Wildman–Crippen MR) is 143 cm³/mol. The van der Waals surface area contributed by atoms with Crippen LogP contribution in [-0.2, 0) is 9.48 Å². The highest BCUT2D eigenvalue weighted by Gasteiger charge is 2.48. The molecule has 11 heteroatoms. The minimum atomic E-state index is -0.356. The molecular formula is C25H30N6O3S2. The third-order valence-corrected chi connectivity index (χ3v) is 8.95. The van der Waals surface area contributed by atoms with Gasteiger partial charge in [-0.2, -0.15) is 0 Å². The normalized spacial score (nSPS) is 16.6. The molecule has 1 saturated heterocycles. The average Bonchev–Trinajstić information content (AvgIpc) is 3.61. The maximum Gasteiger partial charge on any atom is 0.319 e. The lowest BCUT2D eigenvalue weighted by Crippen LogP contribution is -2.37. The Morgan fingerprint density at radius 3 is 2.56 bits per heavy atom. The van der Waals surface area contributed by atoms with Crippen LogP contribution in [0.1, 0.15) is 29.1 Å². The number of carbonyl (C=O) groups excluding carboxylic acids is 1. The van der Waals surface area contributed by atoms with E-state index in [1.54, 1.807) is 11.3 Å². The van der Waals surface area contributed by atoms with Crippen LogP contribution in [0, 0.1) is 13.8 Å². The molecule has 2 fully saturated rings. The van der Waals surface area contributed by atoms with Crippen molar-refractivity contribution in [3.63, 3.8) is 0 Å². The van der Waals surface area contributed by atoms with Crippen molar-refractivity contribution < 1.29 is 14.6 Å². The lowest BCUT2D eigenvalue weighted by Gasteiger charge is -2.29. The highest BCUT2D eigenvalue weighted by Crippen LogP contribution is 2.60. The van der Waals surface area contributed by atoms with Crippen LogP contribution >= 0.6 is 23.1 Å². The number of rotatable bonds is 8. The van der Waals surface area contributed by atoms with Gasteiger partial charge in [0.05, 0.1) is 36.0 Å². The van der Waals surface area contributed by atoms with Gasteiger partial charge in [0.1, 0.15) is 5.82 Å². The zero-order chi connectivity index (χ0) is 25.1. The van der Waals surface area contributed by atoms with Gasteiger partial charge in [0.2, 0.25) is 0 Å². The third kappa shape index (κ3) is 5.64. The summed E-state index contributed by atoms with van der Waals surface area (Å²) in [5, 5.41) is 14.2. The van der Waals surface area contributed by atoms with Crippen molar-refractivity contribution in [2.75, 3.05) is 49.7 Å². The zero-order valence-corrected chi connectivity index (χ0v) is 22.0. The van der Waals surface area contributed by atoms with Crippen LogP contribution in [0.2, 0.25) is 0 Å². The maximum absolute atomic E-state index is 11.9. The molecule has 2 aromatic heterocycles. The van der Waals surface area contributed by atoms with E-state index in [9.17, 15) is 4.79 Å². The van der Waals surface area contributed by atoms with Crippen LogP contribution in [0.25, 0.3) is 11.4 Å². The Bertz CT molecular complexity index is 1200. The van der Waals surface area contributed by atoms with Gasteiger partial charge in [0, 0.05) is 41.8 Å². The van der Waals surface area contributed by atoms with Gasteiger partial charge in [-0.3, -0.25) is 0 Å². The lowest BCUT2D eigenvalue weighted by atomic mass is 10.1. The van der Waals surface area contributed by atoms with E-state index in [4.69, 9.17) is 24.8 Å². The monoisotopic (exact) mass is 526 g/mol. The van der Waals surface area contributed by atoms with E-state index in [1.165, 1.54) is 4.88 Å². The van der Waals surface area contributed by atoms with Gasteiger partial charge in [-0.15, -0.1) is 11.3 Å². The number of nitrogens with one attached hydrogen (secondary N) is 2. The van der Waals surface area contributed by atoms with Gasteiger partial charge < -0.3 is 25.4 Å². The first-order valence-electron chi connectivity index (χ1n) is 12.1. The summed E-state index contributed by atoms with van der Waals surface area (Å²) in [6.45, 7) is 7.24. The number of aromatic nitrogens is 3. The van der Waals surface area contributed by atoms with Gasteiger partial charge in [-0.05, 0) is 51.0 Å². The van der Waals surface area contributed by atoms with Gasteiger partial charge in [-0.25, -0.2) is 19.7 Å². The van der Waals surface area contributed by atoms with Crippen molar-refractivity contribution >= 4 is 40.6 Å². The number of benzene rings is 1. The number of aliphatic hydroxyl groups excluding tert-OH is 1. The summed E-state index contributed by atoms with van der Waals surface area (Å²) < 4.78 is 6.57. The molecule has 190 valence electrons. The number of carbonyl (C=O) groups is 1. The Morgan fingerprint density at radius 1 is 1.17 bits per heavy atom. The van der Waals surface area contributed by atoms with Crippen molar-refractivity contribution in [2.24, 2.45) is 0 Å². The van der Waals surface area contributed by atoms with Crippen LogP contribution in [0.5, 0.6) is 0 Å². The second-order valence-corrected chi connectivity index (χ2v) is 11.8. The summed E-state index contributed by atoms with van der Waals surface area (Å²) in [6, 6.07) is 9.30. The molecule has 0 radical (unpaired) electrons. The number of hydrogen-bond donors (Lipinski definition) is 3. The van der Waals surface area contributed by atoms with Crippen LogP contribution in [0.4, 0.5) is 16.3 Å². The van der Waals surface area contributed by atoms with E-state index in [1.807, 2.05) is 36.0 Å². The fraction of sp³-hybridized carbons (Fsp3) is 0.440. The number of thioether (sulfide) groups is 1. The number of aliphatic hydroxyl groups is 1. The summed E-state index contributed by atoms with van der Waals surface area (Å²) in [4.78, 5) is 30.2. The molecule has 9 nitrogen and oxygen atoms in total. The maximum atomic E-state index is 11.9. The number of anilines is 2. The van der Waals surface area contributed by atoms with Gasteiger partial charge in [0.15, 0.2) is 10.2 Å². The van der Waals surface area contributed by atoms with E-state index >= 15 is 0 Å². The minimum absolute atomic E-state index is 0.0816. The van der Waals surface area contributed by atoms with E-state index in [0.717, 1.165) is 53.0 Å². The number of ether oxygens (including phenoxy) is 1. The van der Waals surface area contributed by atoms with Gasteiger partial charge >= 0.3 is 6.03 Å². The molecule has 0 spiro atoms. The minimum Gasteiger partial charge on any atom is -0.395 e. The topological polar surface area (TPSA) is 112 Å². The zero-order valence-electron chi connectivity index (χ0n) is 20.4. The molecule has 1 saturated carbocycles. The molecule has 36 heavy (non-hydrogen) atoms. The SMILES string of the molecule is Cc1nc(SC2(c3cc(N4CCOCC4)nc(-c4ccc(NC(=O)NCCO)cc4)n3)CC2)sc1C. The fourth-order valence-corrected chi connectivity index (χ4v) is 6.67. The molecule has 1 aliphatic heterocycles. The fourth-order valence-electron chi connectivity index (χ4n) is 3.98. The first-order valence-corrected chi connectivity index (χ1v) is 13.7. The predicted octanol–water partition coefficient (Wildman–Crippen LogP) is 3.95. The molecular weight excluding hydrogens is 496 g/mol. The lowest BCUT2D eigenvalue weighted by molar-refractivity contribution is 0.122. The van der Waals surface area contributed by atoms with Gasteiger partial charge in [0.25, 0.3) is 0 Å². The molecule has 1 aliphatic carbocycles. The second kappa shape index (κ2) is 10.7. The number of nitrogens with zero attached hydrogens (tertiary/aromatic N) is 4. The molecule has 0 bridgehead atoms. The second-order valence-electron chi connectivity index (χ2n) is 8.93. The Morgan fingerprint density at radius 2 is 1.92 bits per heavy atom. The Balaban J connectivity index is 1.44. The molecule has 3 aromatic rings. The Kier molecular flexibility index (Phi) is 7.42. The Labute approximate surface area is 218 Å². The standard InChI is InChI=1S/C25H30N6O3S2/c1-16-17(2)35-24(27-16)36-25(7-8-25)20-15-21(31-10-13-34-14-11-31)30-22(29-20)18-3-5-19(6-4-18)28-23(33)26-9-12-32/h3-6,15,32H,7-14H2,1-2H3,(H2,26,28,33). The van der Waals surface area contributed by atoms with E-state index in [-0.39, 0.29) is 23.9 Å². The van der Waals surface area contributed by atoms with E-state index in [0.29, 0.717) is 24.7 Å². The number of amides is 2. The quantitative estimate of drug-likeness (QED) is 0.405. The molecule has 5 rings (SSSR count). The molecule has 3 N–H and O–H groups in total. The van der Waals surface area contributed by atoms with Crippen molar-refractivity contribution in [2.45, 2.75) is 35.8 Å². The van der Waals surface area contributed by atoms with Gasteiger partial charge in [-0.1, -0.05) is 11.8 Å². The number of urea groups is 1. The molecule has 3 heterocycles. The molecule has 0 atom stereocenters. The third-order valence-electron chi connectivity index (χ3n) is 6.31. The van der Waals surface area contributed by atoms with E-state index in [2.05, 4.69) is 35.4 Å². The molecule has 0 unspecified atom stereocenters. The highest BCUT2D eigenvalue weighted by atomic mass is 32.2. The van der Waals surface area contributed by atoms with Crippen LogP contribution in [-0.4, -0.2) is 65.5 Å². The van der Waals surface area contributed by atoms with Crippen LogP contribution in [0.15, 0.2) is 34.7 Å². The smallest absolute Gasteiger partial charge is 0.319 e. The summed E-state index contributed by atoms with van der Waals surface area (Å²) >= 11 is 3.57. The van der Waals surface area contributed by atoms with Crippen molar-refractivity contribution in [3.8, 4) is 11.4 Å². The van der Waals surface area contributed by atoms with Crippen LogP contribution in [0.3, 0.4) is 0 Å². The summed E-state index contributed by atoms with van der Waals surface area (Å²) in [6.07, 6.45) is 2.11. The van der Waals surface area contributed by atoms with Crippen molar-refractivity contribution in [1.82, 2.24) is 20.3 Å². The number of thiazole rings is 1. The molecule has 1 aromatic carbocycles. The van der Waals surface area contributed by atoms with E-state index < -0.39 is 0 Å². The van der Waals surface area contributed by atoms with Crippen LogP contribution < -0.4 is 15.5 Å². The summed E-state index contributed by atoms with van der Waals surface area (Å²) in [5.74, 6) is 1.59. The number of morpholine rings is 1. The van der Waals surface area contributed by atoms with Crippen molar-refractivity contribution in [1.29, 1.82) is 0 Å². The summed E-state index contributed by atoms with van der Waals surface area (Å²) in [7, 11) is 0. The Hall–Kier alpha value is -2.73. The summed E-state index contributed by atoms with van der Waals surface area (Å²) in [5.41, 5.74) is 3.67.